The van der Waals surface area contributed by atoms with Crippen LogP contribution >= 0.6 is 0 Å². The number of carbonyl (C=O) groups excluding carboxylic acids is 1. The fourth-order valence-corrected chi connectivity index (χ4v) is 4.99. The summed E-state index contributed by atoms with van der Waals surface area (Å²) in [5.74, 6) is -0.142. The highest BCUT2D eigenvalue weighted by Gasteiger charge is 2.59. The van der Waals surface area contributed by atoms with E-state index in [0.717, 1.165) is 6.42 Å². The van der Waals surface area contributed by atoms with Crippen molar-refractivity contribution >= 4 is 16.0 Å². The number of piperidine rings is 1. The van der Waals surface area contributed by atoms with Crippen molar-refractivity contribution in [2.45, 2.75) is 24.2 Å². The van der Waals surface area contributed by atoms with Gasteiger partial charge in [-0.2, -0.15) is 4.31 Å². The van der Waals surface area contributed by atoms with Crippen molar-refractivity contribution in [2.75, 3.05) is 33.4 Å². The molecule has 0 bridgehead atoms. The molecule has 2 N–H and O–H groups in total. The Morgan fingerprint density at radius 1 is 1.43 bits per heavy atom. The zero-order chi connectivity index (χ0) is 20.4. The van der Waals surface area contributed by atoms with Crippen LogP contribution in [0.4, 0.5) is 4.39 Å². The van der Waals surface area contributed by atoms with E-state index in [4.69, 9.17) is 15.2 Å². The molecule has 1 saturated carbocycles. The lowest BCUT2D eigenvalue weighted by Crippen LogP contribution is -2.40. The molecule has 1 spiro atoms. The zero-order valence-electron chi connectivity index (χ0n) is 15.6. The lowest BCUT2D eigenvalue weighted by atomic mass is 9.92. The van der Waals surface area contributed by atoms with Gasteiger partial charge in [-0.15, -0.1) is 0 Å². The van der Waals surface area contributed by atoms with Crippen LogP contribution in [0.1, 0.15) is 19.3 Å². The Labute approximate surface area is 163 Å². The molecule has 1 unspecified atom stereocenters. The molecule has 1 aliphatic carbocycles. The Balaban J connectivity index is 1.60. The maximum absolute atomic E-state index is 12.8. The van der Waals surface area contributed by atoms with E-state index in [1.807, 2.05) is 0 Å². The van der Waals surface area contributed by atoms with Crippen molar-refractivity contribution < 1.29 is 27.1 Å². The lowest BCUT2D eigenvalue weighted by molar-refractivity contribution is -0.143. The molecule has 8 nitrogen and oxygen atoms in total. The number of nitrogens with zero attached hydrogens (tertiary/aromatic N) is 2. The molecule has 2 heterocycles. The van der Waals surface area contributed by atoms with Gasteiger partial charge in [-0.1, -0.05) is 0 Å². The van der Waals surface area contributed by atoms with Crippen molar-refractivity contribution in [3.63, 3.8) is 0 Å². The molecule has 1 atom stereocenters. The van der Waals surface area contributed by atoms with Gasteiger partial charge in [0.25, 0.3) is 0 Å². The number of esters is 1. The molecule has 1 aliphatic heterocycles. The van der Waals surface area contributed by atoms with Crippen LogP contribution in [0, 0.1) is 11.3 Å². The molecule has 2 fully saturated rings. The first-order valence-electron chi connectivity index (χ1n) is 9.01. The Kier molecular flexibility index (Phi) is 6.01. The normalized spacial score (nSPS) is 22.1. The predicted molar refractivity (Wildman–Crippen MR) is 98.5 cm³/mol. The van der Waals surface area contributed by atoms with Gasteiger partial charge in [-0.3, -0.25) is 4.79 Å². The first kappa shape index (κ1) is 20.7. The first-order valence-corrected chi connectivity index (χ1v) is 10.5. The van der Waals surface area contributed by atoms with E-state index in [-0.39, 0.29) is 46.8 Å². The zero-order valence-corrected chi connectivity index (χ0v) is 16.5. The molecule has 1 aromatic heterocycles. The van der Waals surface area contributed by atoms with Crippen LogP contribution < -0.4 is 10.5 Å². The summed E-state index contributed by atoms with van der Waals surface area (Å²) in [6.45, 7) is 0.683. The van der Waals surface area contributed by atoms with Crippen LogP contribution in [0.3, 0.4) is 0 Å². The summed E-state index contributed by atoms with van der Waals surface area (Å²) in [5, 5.41) is 0. The minimum atomic E-state index is -3.68. The van der Waals surface area contributed by atoms with Crippen LogP contribution in [0.15, 0.2) is 35.1 Å². The number of rotatable bonds is 7. The van der Waals surface area contributed by atoms with Gasteiger partial charge in [0, 0.05) is 31.3 Å². The Morgan fingerprint density at radius 3 is 2.68 bits per heavy atom. The summed E-state index contributed by atoms with van der Waals surface area (Å²) in [7, 11) is -2.30. The van der Waals surface area contributed by atoms with Gasteiger partial charge in [-0.05, 0) is 30.7 Å². The number of ether oxygens (including phenoxy) is 2. The Morgan fingerprint density at radius 2 is 2.14 bits per heavy atom. The fraction of sp³-hybridized carbons (Fsp3) is 0.556. The highest BCUT2D eigenvalue weighted by molar-refractivity contribution is 7.89. The number of sulfonamides is 1. The largest absolute Gasteiger partial charge is 0.473 e. The lowest BCUT2D eigenvalue weighted by Gasteiger charge is -2.31. The average molecular weight is 413 g/mol. The fourth-order valence-electron chi connectivity index (χ4n) is 3.60. The summed E-state index contributed by atoms with van der Waals surface area (Å²) >= 11 is 0. The minimum Gasteiger partial charge on any atom is -0.473 e. The molecule has 154 valence electrons. The number of halogens is 1. The van der Waals surface area contributed by atoms with E-state index in [9.17, 15) is 17.6 Å². The highest BCUT2D eigenvalue weighted by atomic mass is 32.2. The number of hydrogen-bond acceptors (Lipinski definition) is 7. The smallest absolute Gasteiger partial charge is 0.309 e. The number of hydrogen-bond donors (Lipinski definition) is 1. The van der Waals surface area contributed by atoms with Gasteiger partial charge in [0.15, 0.2) is 0 Å². The molecule has 1 saturated heterocycles. The Hall–Kier alpha value is -2.04. The summed E-state index contributed by atoms with van der Waals surface area (Å²) < 4.78 is 49.7. The molecule has 0 amide bonds. The number of pyridine rings is 1. The van der Waals surface area contributed by atoms with Gasteiger partial charge in [0.1, 0.15) is 11.5 Å². The Bertz CT molecular complexity index is 848. The summed E-state index contributed by atoms with van der Waals surface area (Å²) in [6.07, 6.45) is 3.65. The maximum Gasteiger partial charge on any atom is 0.309 e. The van der Waals surface area contributed by atoms with E-state index in [2.05, 4.69) is 4.98 Å². The second-order valence-corrected chi connectivity index (χ2v) is 9.08. The second-order valence-electron chi connectivity index (χ2n) is 7.14. The van der Waals surface area contributed by atoms with Crippen molar-refractivity contribution in [3.8, 4) is 5.88 Å². The standard InChI is InChI=1S/C18H24FN3O5S/c1-26-17(23)15-8-18(15)4-6-22(7-5-18)28(24,25)14-2-3-16(21-11-14)27-12-13(9-19)10-20/h2-3,9,11,15H,4-8,10,12,20H2,1H3/b13-9+. The second kappa shape index (κ2) is 8.14. The molecule has 2 aliphatic rings. The van der Waals surface area contributed by atoms with E-state index in [1.165, 1.54) is 29.7 Å². The minimum absolute atomic E-state index is 0.0241. The SMILES string of the molecule is COC(=O)C1CC12CCN(S(=O)(=O)c1ccc(OC/C(=C/F)CN)nc1)CC2. The molecular formula is C18H24FN3O5S. The van der Waals surface area contributed by atoms with Crippen LogP contribution in [0.5, 0.6) is 5.88 Å². The third kappa shape index (κ3) is 4.03. The van der Waals surface area contributed by atoms with Crippen molar-refractivity contribution in [1.29, 1.82) is 0 Å². The number of carbonyl (C=O) groups is 1. The van der Waals surface area contributed by atoms with E-state index in [1.54, 1.807) is 0 Å². The van der Waals surface area contributed by atoms with Crippen molar-refractivity contribution in [2.24, 2.45) is 17.1 Å². The van der Waals surface area contributed by atoms with E-state index >= 15 is 0 Å². The van der Waals surface area contributed by atoms with E-state index < -0.39 is 10.0 Å². The topological polar surface area (TPSA) is 112 Å². The third-order valence-corrected chi connectivity index (χ3v) is 7.44. The molecular weight excluding hydrogens is 389 g/mol. The quantitative estimate of drug-likeness (QED) is 0.669. The summed E-state index contributed by atoms with van der Waals surface area (Å²) in [6, 6.07) is 2.84. The van der Waals surface area contributed by atoms with Gasteiger partial charge in [0.2, 0.25) is 15.9 Å². The van der Waals surface area contributed by atoms with Crippen molar-refractivity contribution in [3.05, 3.63) is 30.2 Å². The first-order chi connectivity index (χ1) is 13.4. The summed E-state index contributed by atoms with van der Waals surface area (Å²) in [5.41, 5.74) is 5.51. The van der Waals surface area contributed by atoms with Gasteiger partial charge >= 0.3 is 5.97 Å². The molecule has 28 heavy (non-hydrogen) atoms. The molecule has 0 radical (unpaired) electrons. The molecule has 1 aromatic rings. The van der Waals surface area contributed by atoms with Gasteiger partial charge in [0.05, 0.1) is 25.6 Å². The number of nitrogens with two attached hydrogens (primary N) is 1. The third-order valence-electron chi connectivity index (χ3n) is 5.56. The predicted octanol–water partition coefficient (Wildman–Crippen LogP) is 1.24. The van der Waals surface area contributed by atoms with Gasteiger partial charge < -0.3 is 15.2 Å². The van der Waals surface area contributed by atoms with Crippen LogP contribution in [0.25, 0.3) is 0 Å². The number of methoxy groups -OCH3 is 1. The molecule has 0 aromatic carbocycles. The highest BCUT2D eigenvalue weighted by Crippen LogP contribution is 2.60. The van der Waals surface area contributed by atoms with Crippen LogP contribution in [0.2, 0.25) is 0 Å². The number of aromatic nitrogens is 1. The van der Waals surface area contributed by atoms with Crippen LogP contribution in [-0.2, 0) is 19.6 Å². The van der Waals surface area contributed by atoms with E-state index in [0.29, 0.717) is 32.3 Å². The molecule has 10 heteroatoms. The molecule has 3 rings (SSSR count). The summed E-state index contributed by atoms with van der Waals surface area (Å²) in [4.78, 5) is 15.8. The van der Waals surface area contributed by atoms with Gasteiger partial charge in [-0.25, -0.2) is 17.8 Å². The maximum atomic E-state index is 12.8. The van der Waals surface area contributed by atoms with Crippen molar-refractivity contribution in [1.82, 2.24) is 9.29 Å². The monoisotopic (exact) mass is 413 g/mol. The van der Waals surface area contributed by atoms with Crippen LogP contribution in [-0.4, -0.2) is 57.0 Å². The average Bonchev–Trinajstić information content (AvgIpc) is 3.42.